The molecular formula is C12H16ClN3S. The first-order valence-corrected chi connectivity index (χ1v) is 7.25. The molecule has 17 heavy (non-hydrogen) atoms. The molecule has 2 atom stereocenters. The topological polar surface area (TPSA) is 48.7 Å². The van der Waals surface area contributed by atoms with E-state index in [-0.39, 0.29) is 0 Å². The molecule has 1 fully saturated rings. The molecule has 2 rings (SSSR count). The zero-order valence-electron chi connectivity index (χ0n) is 9.87. The third-order valence-corrected chi connectivity index (χ3v) is 4.65. The van der Waals surface area contributed by atoms with Gasteiger partial charge in [-0.1, -0.05) is 49.1 Å². The molecule has 0 amide bonds. The normalized spacial score (nSPS) is 24.3. The fourth-order valence-electron chi connectivity index (χ4n) is 2.40. The lowest BCUT2D eigenvalue weighted by molar-refractivity contribution is 0.327. The van der Waals surface area contributed by atoms with E-state index in [4.69, 9.17) is 16.9 Å². The summed E-state index contributed by atoms with van der Waals surface area (Å²) in [4.78, 5) is 4.67. The van der Waals surface area contributed by atoms with Crippen molar-refractivity contribution in [2.24, 2.45) is 5.92 Å². The number of hydrogen-bond acceptors (Lipinski definition) is 4. The van der Waals surface area contributed by atoms with E-state index in [9.17, 15) is 0 Å². The molecule has 1 aromatic rings. The molecule has 1 aromatic heterocycles. The average molecular weight is 270 g/mol. The second-order valence-electron chi connectivity index (χ2n) is 4.53. The molecule has 2 unspecified atom stereocenters. The summed E-state index contributed by atoms with van der Waals surface area (Å²) in [6, 6.07) is 2.55. The van der Waals surface area contributed by atoms with E-state index < -0.39 is 0 Å². The van der Waals surface area contributed by atoms with E-state index in [1.54, 1.807) is 0 Å². The smallest absolute Gasteiger partial charge is 0.185 e. The maximum atomic E-state index is 8.83. The standard InChI is InChI=1S/C12H16ClN3S/c1-2-8-4-3-5-9(6-8)15-12-16-11(13)10(7-14)17-12/h8-9H,2-6H2,1H3,(H,15,16). The fraction of sp³-hybridized carbons (Fsp3) is 0.667. The Morgan fingerprint density at radius 2 is 2.41 bits per heavy atom. The van der Waals surface area contributed by atoms with Crippen LogP contribution < -0.4 is 5.32 Å². The highest BCUT2D eigenvalue weighted by atomic mass is 35.5. The summed E-state index contributed by atoms with van der Waals surface area (Å²) in [6.45, 7) is 2.25. The SMILES string of the molecule is CCC1CCCC(Nc2nc(Cl)c(C#N)s2)C1. The third kappa shape index (κ3) is 3.11. The average Bonchev–Trinajstić information content (AvgIpc) is 2.69. The van der Waals surface area contributed by atoms with Gasteiger partial charge in [0.15, 0.2) is 10.3 Å². The molecule has 0 spiro atoms. The molecule has 92 valence electrons. The number of rotatable bonds is 3. The number of nitrogens with one attached hydrogen (secondary N) is 1. The highest BCUT2D eigenvalue weighted by Gasteiger charge is 2.21. The van der Waals surface area contributed by atoms with Crippen LogP contribution in [0.15, 0.2) is 0 Å². The van der Waals surface area contributed by atoms with E-state index >= 15 is 0 Å². The monoisotopic (exact) mass is 269 g/mol. The number of hydrogen-bond donors (Lipinski definition) is 1. The van der Waals surface area contributed by atoms with Gasteiger partial charge in [-0.25, -0.2) is 4.98 Å². The first kappa shape index (κ1) is 12.7. The molecule has 1 heterocycles. The Balaban J connectivity index is 1.98. The summed E-state index contributed by atoms with van der Waals surface area (Å²) in [6.07, 6.45) is 6.27. The molecule has 0 bridgehead atoms. The van der Waals surface area contributed by atoms with Crippen LogP contribution in [0, 0.1) is 17.2 Å². The largest absolute Gasteiger partial charge is 0.359 e. The maximum absolute atomic E-state index is 8.83. The molecule has 5 heteroatoms. The van der Waals surface area contributed by atoms with Gasteiger partial charge in [-0.3, -0.25) is 0 Å². The molecular weight excluding hydrogens is 254 g/mol. The highest BCUT2D eigenvalue weighted by Crippen LogP contribution is 2.31. The lowest BCUT2D eigenvalue weighted by Crippen LogP contribution is -2.26. The van der Waals surface area contributed by atoms with Gasteiger partial charge in [-0.2, -0.15) is 5.26 Å². The molecule has 1 aliphatic carbocycles. The van der Waals surface area contributed by atoms with Crippen LogP contribution in [0.5, 0.6) is 0 Å². The van der Waals surface area contributed by atoms with Crippen LogP contribution in [0.25, 0.3) is 0 Å². The number of halogens is 1. The van der Waals surface area contributed by atoms with Gasteiger partial charge in [-0.05, 0) is 18.8 Å². The van der Waals surface area contributed by atoms with Gasteiger partial charge in [0.1, 0.15) is 10.9 Å². The molecule has 1 saturated carbocycles. The van der Waals surface area contributed by atoms with Crippen molar-refractivity contribution in [2.75, 3.05) is 5.32 Å². The van der Waals surface area contributed by atoms with Crippen molar-refractivity contribution in [3.8, 4) is 6.07 Å². The highest BCUT2D eigenvalue weighted by molar-refractivity contribution is 7.16. The van der Waals surface area contributed by atoms with Gasteiger partial charge in [0.05, 0.1) is 0 Å². The van der Waals surface area contributed by atoms with E-state index in [0.717, 1.165) is 11.0 Å². The predicted molar refractivity (Wildman–Crippen MR) is 71.5 cm³/mol. The zero-order valence-corrected chi connectivity index (χ0v) is 11.4. The lowest BCUT2D eigenvalue weighted by Gasteiger charge is -2.28. The number of nitrogens with zero attached hydrogens (tertiary/aromatic N) is 2. The van der Waals surface area contributed by atoms with Crippen LogP contribution in [-0.2, 0) is 0 Å². The predicted octanol–water partition coefficient (Wildman–Crippen LogP) is 4.05. The van der Waals surface area contributed by atoms with Gasteiger partial charge >= 0.3 is 0 Å². The van der Waals surface area contributed by atoms with Crippen LogP contribution in [-0.4, -0.2) is 11.0 Å². The molecule has 1 aliphatic rings. The lowest BCUT2D eigenvalue weighted by atomic mass is 9.84. The Morgan fingerprint density at radius 1 is 1.59 bits per heavy atom. The minimum atomic E-state index is 0.322. The quantitative estimate of drug-likeness (QED) is 0.901. The zero-order chi connectivity index (χ0) is 12.3. The fourth-order valence-corrected chi connectivity index (χ4v) is 3.42. The number of aromatic nitrogens is 1. The van der Waals surface area contributed by atoms with Crippen molar-refractivity contribution in [3.63, 3.8) is 0 Å². The first-order valence-electron chi connectivity index (χ1n) is 6.06. The summed E-state index contributed by atoms with van der Waals surface area (Å²) in [5.74, 6) is 0.826. The summed E-state index contributed by atoms with van der Waals surface area (Å²) in [5, 5.41) is 13.3. The van der Waals surface area contributed by atoms with Crippen molar-refractivity contribution in [3.05, 3.63) is 10.0 Å². The summed E-state index contributed by atoms with van der Waals surface area (Å²) >= 11 is 7.20. The molecule has 3 nitrogen and oxygen atoms in total. The van der Waals surface area contributed by atoms with Crippen LogP contribution >= 0.6 is 22.9 Å². The summed E-state index contributed by atoms with van der Waals surface area (Å²) in [7, 11) is 0. The Hall–Kier alpha value is -0.790. The van der Waals surface area contributed by atoms with Crippen molar-refractivity contribution >= 4 is 28.1 Å². The maximum Gasteiger partial charge on any atom is 0.185 e. The van der Waals surface area contributed by atoms with E-state index in [0.29, 0.717) is 16.1 Å². The second-order valence-corrected chi connectivity index (χ2v) is 5.89. The van der Waals surface area contributed by atoms with Gasteiger partial charge in [0.25, 0.3) is 0 Å². The summed E-state index contributed by atoms with van der Waals surface area (Å²) < 4.78 is 0. The van der Waals surface area contributed by atoms with Crippen molar-refractivity contribution < 1.29 is 0 Å². The van der Waals surface area contributed by atoms with Crippen molar-refractivity contribution in [1.82, 2.24) is 4.98 Å². The Morgan fingerprint density at radius 3 is 3.06 bits per heavy atom. The summed E-state index contributed by atoms with van der Waals surface area (Å²) in [5.41, 5.74) is 0. The first-order chi connectivity index (χ1) is 8.22. The molecule has 0 aliphatic heterocycles. The molecule has 0 radical (unpaired) electrons. The second kappa shape index (κ2) is 5.70. The van der Waals surface area contributed by atoms with Crippen molar-refractivity contribution in [2.45, 2.75) is 45.1 Å². The van der Waals surface area contributed by atoms with E-state index in [1.165, 1.54) is 43.4 Å². The number of thiazole rings is 1. The Labute approximate surface area is 111 Å². The van der Waals surface area contributed by atoms with Gasteiger partial charge in [0, 0.05) is 6.04 Å². The van der Waals surface area contributed by atoms with Gasteiger partial charge < -0.3 is 5.32 Å². The molecule has 0 saturated heterocycles. The Bertz CT molecular complexity index is 424. The van der Waals surface area contributed by atoms with Crippen molar-refractivity contribution in [1.29, 1.82) is 5.26 Å². The van der Waals surface area contributed by atoms with E-state index in [2.05, 4.69) is 23.3 Å². The van der Waals surface area contributed by atoms with Crippen LogP contribution in [0.3, 0.4) is 0 Å². The Kier molecular flexibility index (Phi) is 4.25. The number of nitriles is 1. The minimum Gasteiger partial charge on any atom is -0.359 e. The van der Waals surface area contributed by atoms with Crippen LogP contribution in [0.1, 0.15) is 43.9 Å². The van der Waals surface area contributed by atoms with Gasteiger partial charge in [-0.15, -0.1) is 0 Å². The number of anilines is 1. The minimum absolute atomic E-state index is 0.322. The third-order valence-electron chi connectivity index (χ3n) is 3.38. The molecule has 0 aromatic carbocycles. The van der Waals surface area contributed by atoms with Crippen LogP contribution in [0.2, 0.25) is 5.15 Å². The van der Waals surface area contributed by atoms with Crippen LogP contribution in [0.4, 0.5) is 5.13 Å². The van der Waals surface area contributed by atoms with E-state index in [1.807, 2.05) is 0 Å². The molecule has 1 N–H and O–H groups in total. The van der Waals surface area contributed by atoms with Gasteiger partial charge in [0.2, 0.25) is 0 Å².